The molecule has 3 aliphatic heterocycles. The lowest BCUT2D eigenvalue weighted by Gasteiger charge is -2.41. The summed E-state index contributed by atoms with van der Waals surface area (Å²) in [5, 5.41) is 15.9. The fourth-order valence-corrected chi connectivity index (χ4v) is 10.0. The Labute approximate surface area is 282 Å². The van der Waals surface area contributed by atoms with Crippen molar-refractivity contribution in [3.8, 4) is 11.3 Å². The number of aliphatic hydroxyl groups excluding tert-OH is 1. The van der Waals surface area contributed by atoms with Crippen molar-refractivity contribution in [1.29, 1.82) is 0 Å². The summed E-state index contributed by atoms with van der Waals surface area (Å²) < 4.78 is 70.9. The highest BCUT2D eigenvalue weighted by atomic mass is 32.2. The highest BCUT2D eigenvalue weighted by molar-refractivity contribution is 7.99. The number of hydrogen-bond acceptors (Lipinski definition) is 7. The Balaban J connectivity index is 1.23. The highest BCUT2D eigenvalue weighted by Gasteiger charge is 2.36. The Bertz CT molecular complexity index is 1490. The summed E-state index contributed by atoms with van der Waals surface area (Å²) in [7, 11) is -3.49. The molecule has 4 aliphatic rings. The molecule has 0 radical (unpaired) electrons. The number of fused-ring (bicyclic) bond motifs is 2. The monoisotopic (exact) mass is 697 g/mol. The minimum Gasteiger partial charge on any atom is -0.390 e. The van der Waals surface area contributed by atoms with Gasteiger partial charge < -0.3 is 14.9 Å². The van der Waals surface area contributed by atoms with Crippen LogP contribution in [0.4, 0.5) is 13.2 Å². The number of thioether (sulfide) groups is 1. The van der Waals surface area contributed by atoms with Gasteiger partial charge in [0.05, 0.1) is 30.2 Å². The average molecular weight is 698 g/mol. The van der Waals surface area contributed by atoms with E-state index in [0.717, 1.165) is 63.2 Å². The number of aromatic nitrogens is 2. The maximum atomic E-state index is 14.2. The molecule has 1 aromatic heterocycles. The topological polar surface area (TPSA) is 81.9 Å². The lowest BCUT2D eigenvalue weighted by atomic mass is 9.75. The van der Waals surface area contributed by atoms with Gasteiger partial charge in [-0.05, 0) is 75.2 Å². The molecule has 262 valence electrons. The maximum Gasteiger partial charge on any atom is 0.417 e. The molecule has 0 spiro atoms. The molecule has 6 rings (SSSR count). The molecule has 13 heteroatoms. The number of sulfonamides is 1. The van der Waals surface area contributed by atoms with Crippen molar-refractivity contribution >= 4 is 21.8 Å². The molecule has 1 saturated carbocycles. The van der Waals surface area contributed by atoms with Crippen LogP contribution in [0, 0.1) is 17.8 Å². The van der Waals surface area contributed by atoms with Gasteiger partial charge in [0.1, 0.15) is 0 Å². The van der Waals surface area contributed by atoms with E-state index < -0.39 is 27.9 Å². The molecule has 8 nitrogen and oxygen atoms in total. The quantitative estimate of drug-likeness (QED) is 0.325. The zero-order valence-corrected chi connectivity index (χ0v) is 29.4. The maximum absolute atomic E-state index is 14.2. The van der Waals surface area contributed by atoms with Gasteiger partial charge in [0.15, 0.2) is 0 Å². The number of likely N-dealkylation sites (tertiary alicyclic amines) is 2. The zero-order chi connectivity index (χ0) is 33.3. The van der Waals surface area contributed by atoms with Crippen LogP contribution in [-0.2, 0) is 35.7 Å². The number of rotatable bonds is 10. The lowest BCUT2D eigenvalue weighted by molar-refractivity contribution is -0.139. The van der Waals surface area contributed by atoms with Crippen LogP contribution in [0.1, 0.15) is 68.7 Å². The molecule has 4 heterocycles. The first-order valence-electron chi connectivity index (χ1n) is 17.4. The van der Waals surface area contributed by atoms with Gasteiger partial charge >= 0.3 is 6.18 Å². The Morgan fingerprint density at radius 1 is 1.00 bits per heavy atom. The van der Waals surface area contributed by atoms with Crippen molar-refractivity contribution < 1.29 is 26.7 Å². The molecule has 1 aromatic carbocycles. The summed E-state index contributed by atoms with van der Waals surface area (Å²) >= 11 is 1.24. The number of piperidine rings is 2. The van der Waals surface area contributed by atoms with E-state index in [2.05, 4.69) is 16.7 Å². The minimum absolute atomic E-state index is 0.101. The highest BCUT2D eigenvalue weighted by Crippen LogP contribution is 2.41. The summed E-state index contributed by atoms with van der Waals surface area (Å²) in [5.41, 5.74) is 1.91. The molecule has 0 bridgehead atoms. The number of benzene rings is 1. The molecule has 2 saturated heterocycles. The van der Waals surface area contributed by atoms with Crippen LogP contribution < -0.4 is 0 Å². The van der Waals surface area contributed by atoms with E-state index in [1.807, 2.05) is 0 Å². The fourth-order valence-electron chi connectivity index (χ4n) is 8.12. The van der Waals surface area contributed by atoms with Crippen LogP contribution >= 0.6 is 11.8 Å². The Hall–Kier alpha value is -1.64. The predicted molar refractivity (Wildman–Crippen MR) is 180 cm³/mol. The molecule has 47 heavy (non-hydrogen) atoms. The standard InChI is InChI=1S/C34H50F3N5O3S2/c1-24-9-13-39(14-10-24)21-28(43)22-42-31-12-16-41(47(2,44)45)23-29(31)33(38-42)26-7-8-30(34(35,36)37)32(19-26)46-18-17-40-15-11-25-5-3-4-6-27(25)20-40/h7-8,19,24-25,27-28,43H,3-6,9-18,20-23H2,1-2H3/t25?,27?,28-/m0/s1. The summed E-state index contributed by atoms with van der Waals surface area (Å²) in [6, 6.07) is 4.18. The third-order valence-corrected chi connectivity index (χ3v) is 13.2. The first-order chi connectivity index (χ1) is 22.3. The van der Waals surface area contributed by atoms with Crippen LogP contribution in [0.25, 0.3) is 11.3 Å². The second kappa shape index (κ2) is 14.7. The Kier molecular flexibility index (Phi) is 11.0. The Morgan fingerprint density at radius 2 is 1.72 bits per heavy atom. The van der Waals surface area contributed by atoms with Crippen LogP contribution in [0.5, 0.6) is 0 Å². The van der Waals surface area contributed by atoms with Gasteiger partial charge in [0.25, 0.3) is 0 Å². The number of alkyl halides is 3. The molecule has 3 fully saturated rings. The lowest BCUT2D eigenvalue weighted by Crippen LogP contribution is -2.42. The Morgan fingerprint density at radius 3 is 2.45 bits per heavy atom. The van der Waals surface area contributed by atoms with Gasteiger partial charge in [-0.25, -0.2) is 8.42 Å². The van der Waals surface area contributed by atoms with E-state index in [0.29, 0.717) is 53.9 Å². The normalized spacial score (nSPS) is 24.6. The first kappa shape index (κ1) is 35.2. The minimum atomic E-state index is -4.50. The molecule has 0 amide bonds. The van der Waals surface area contributed by atoms with Gasteiger partial charge in [-0.3, -0.25) is 4.68 Å². The summed E-state index contributed by atoms with van der Waals surface area (Å²) in [5.74, 6) is 2.76. The second-order valence-corrected chi connectivity index (χ2v) is 17.5. The van der Waals surface area contributed by atoms with E-state index in [1.54, 1.807) is 10.7 Å². The van der Waals surface area contributed by atoms with Gasteiger partial charge in [0.2, 0.25) is 10.0 Å². The van der Waals surface area contributed by atoms with E-state index >= 15 is 0 Å². The van der Waals surface area contributed by atoms with Gasteiger partial charge in [-0.2, -0.15) is 22.6 Å². The molecular weight excluding hydrogens is 648 g/mol. The van der Waals surface area contributed by atoms with Crippen molar-refractivity contribution in [1.82, 2.24) is 23.9 Å². The fraction of sp³-hybridized carbons (Fsp3) is 0.735. The van der Waals surface area contributed by atoms with Crippen LogP contribution in [0.15, 0.2) is 23.1 Å². The molecule has 2 unspecified atom stereocenters. The SMILES string of the molecule is CC1CCN(C[C@H](O)Cn2nc(-c3ccc(C(F)(F)F)c(SCCN4CCC5CCCCC5C4)c3)c3c2CCN(S(C)(=O)=O)C3)CC1. The average Bonchev–Trinajstić information content (AvgIpc) is 3.38. The van der Waals surface area contributed by atoms with E-state index in [4.69, 9.17) is 5.10 Å². The number of aliphatic hydroxyl groups is 1. The first-order valence-corrected chi connectivity index (χ1v) is 20.2. The van der Waals surface area contributed by atoms with E-state index in [-0.39, 0.29) is 18.0 Å². The van der Waals surface area contributed by atoms with Crippen LogP contribution in [-0.4, -0.2) is 101 Å². The van der Waals surface area contributed by atoms with Gasteiger partial charge in [-0.15, -0.1) is 11.8 Å². The zero-order valence-electron chi connectivity index (χ0n) is 27.7. The third-order valence-electron chi connectivity index (χ3n) is 10.9. The van der Waals surface area contributed by atoms with E-state index in [9.17, 15) is 26.7 Å². The second-order valence-electron chi connectivity index (χ2n) is 14.4. The molecule has 1 N–H and O–H groups in total. The summed E-state index contributed by atoms with van der Waals surface area (Å²) in [4.78, 5) is 4.86. The summed E-state index contributed by atoms with van der Waals surface area (Å²) in [6.45, 7) is 8.08. The predicted octanol–water partition coefficient (Wildman–Crippen LogP) is 5.58. The number of hydrogen-bond donors (Lipinski definition) is 1. The summed E-state index contributed by atoms with van der Waals surface area (Å²) in [6.07, 6.45) is 4.98. The van der Waals surface area contributed by atoms with Crippen molar-refractivity contribution in [2.45, 2.75) is 88.6 Å². The smallest absolute Gasteiger partial charge is 0.390 e. The van der Waals surface area contributed by atoms with Crippen LogP contribution in [0.2, 0.25) is 0 Å². The van der Waals surface area contributed by atoms with Gasteiger partial charge in [-0.1, -0.05) is 32.3 Å². The van der Waals surface area contributed by atoms with E-state index in [1.165, 1.54) is 60.5 Å². The van der Waals surface area contributed by atoms with Crippen molar-refractivity contribution in [2.75, 3.05) is 57.8 Å². The number of halogens is 3. The van der Waals surface area contributed by atoms with Crippen molar-refractivity contribution in [3.05, 3.63) is 35.0 Å². The van der Waals surface area contributed by atoms with Gasteiger partial charge in [0, 0.05) is 66.6 Å². The van der Waals surface area contributed by atoms with Crippen LogP contribution in [0.3, 0.4) is 0 Å². The number of nitrogens with zero attached hydrogens (tertiary/aromatic N) is 5. The largest absolute Gasteiger partial charge is 0.417 e. The van der Waals surface area contributed by atoms with Crippen molar-refractivity contribution in [3.63, 3.8) is 0 Å². The molecular formula is C34H50F3N5O3S2. The molecule has 1 aliphatic carbocycles. The molecule has 2 aromatic rings. The number of β-amino-alcohol motifs (C(OH)–C–C–N with tert-alkyl or cyclic N) is 1. The van der Waals surface area contributed by atoms with Crippen molar-refractivity contribution in [2.24, 2.45) is 17.8 Å². The third kappa shape index (κ3) is 8.57. The molecule has 3 atom stereocenters.